The van der Waals surface area contributed by atoms with E-state index >= 15 is 0 Å². The van der Waals surface area contributed by atoms with Crippen LogP contribution in [0.15, 0.2) is 18.2 Å². The number of carbonyl (C=O) groups excluding carboxylic acids is 1. The zero-order chi connectivity index (χ0) is 14.0. The van der Waals surface area contributed by atoms with Gasteiger partial charge >= 0.3 is 0 Å². The molecule has 0 saturated carbocycles. The van der Waals surface area contributed by atoms with Gasteiger partial charge in [-0.25, -0.2) is 0 Å². The van der Waals surface area contributed by atoms with Gasteiger partial charge < -0.3 is 14.8 Å². The van der Waals surface area contributed by atoms with Gasteiger partial charge in [0.25, 0.3) is 5.91 Å². The van der Waals surface area contributed by atoms with Crippen molar-refractivity contribution in [3.8, 4) is 11.5 Å². The maximum absolute atomic E-state index is 12.2. The molecular formula is C15H21NO3. The van der Waals surface area contributed by atoms with Gasteiger partial charge in [-0.05, 0) is 30.5 Å². The zero-order valence-corrected chi connectivity index (χ0v) is 11.9. The Morgan fingerprint density at radius 3 is 2.47 bits per heavy atom. The topological polar surface area (TPSA) is 47.6 Å². The SMILES string of the molecule is C[C@@H](NC(=O)c1ccc2c(c1)OCCO2)C(C)(C)C. The second kappa shape index (κ2) is 5.11. The lowest BCUT2D eigenvalue weighted by Gasteiger charge is -2.28. The summed E-state index contributed by atoms with van der Waals surface area (Å²) in [5.41, 5.74) is 0.629. The maximum Gasteiger partial charge on any atom is 0.251 e. The van der Waals surface area contributed by atoms with Crippen molar-refractivity contribution < 1.29 is 14.3 Å². The quantitative estimate of drug-likeness (QED) is 0.892. The first-order chi connectivity index (χ1) is 8.88. The Bertz CT molecular complexity index is 477. The molecule has 2 rings (SSSR count). The summed E-state index contributed by atoms with van der Waals surface area (Å²) in [6.07, 6.45) is 0. The van der Waals surface area contributed by atoms with Crippen molar-refractivity contribution >= 4 is 5.91 Å². The van der Waals surface area contributed by atoms with Crippen LogP contribution in [0.4, 0.5) is 0 Å². The Kier molecular flexibility index (Phi) is 3.69. The third-order valence-corrected chi connectivity index (χ3v) is 3.45. The van der Waals surface area contributed by atoms with Gasteiger partial charge in [0.2, 0.25) is 0 Å². The molecule has 19 heavy (non-hydrogen) atoms. The van der Waals surface area contributed by atoms with Crippen LogP contribution in [-0.4, -0.2) is 25.2 Å². The number of nitrogens with one attached hydrogen (secondary N) is 1. The van der Waals surface area contributed by atoms with Gasteiger partial charge in [-0.1, -0.05) is 20.8 Å². The van der Waals surface area contributed by atoms with E-state index in [-0.39, 0.29) is 17.4 Å². The summed E-state index contributed by atoms with van der Waals surface area (Å²) in [5, 5.41) is 3.01. The standard InChI is InChI=1S/C15H21NO3/c1-10(15(2,3)4)16-14(17)11-5-6-12-13(9-11)19-8-7-18-12/h5-6,9-10H,7-8H2,1-4H3,(H,16,17)/t10-/m1/s1. The minimum atomic E-state index is -0.0839. The molecule has 104 valence electrons. The van der Waals surface area contributed by atoms with Gasteiger partial charge in [0, 0.05) is 11.6 Å². The third-order valence-electron chi connectivity index (χ3n) is 3.45. The van der Waals surface area contributed by atoms with Crippen molar-refractivity contribution in [2.75, 3.05) is 13.2 Å². The molecule has 1 N–H and O–H groups in total. The largest absolute Gasteiger partial charge is 0.486 e. The van der Waals surface area contributed by atoms with Crippen LogP contribution in [0, 0.1) is 5.41 Å². The zero-order valence-electron chi connectivity index (χ0n) is 11.9. The van der Waals surface area contributed by atoms with Gasteiger partial charge in [0.15, 0.2) is 11.5 Å². The van der Waals surface area contributed by atoms with E-state index in [0.717, 1.165) is 0 Å². The number of benzene rings is 1. The minimum Gasteiger partial charge on any atom is -0.486 e. The fourth-order valence-electron chi connectivity index (χ4n) is 1.68. The molecule has 0 unspecified atom stereocenters. The fourth-order valence-corrected chi connectivity index (χ4v) is 1.68. The van der Waals surface area contributed by atoms with Crippen LogP contribution >= 0.6 is 0 Å². The minimum absolute atomic E-state index is 0.0312. The fraction of sp³-hybridized carbons (Fsp3) is 0.533. The number of ether oxygens (including phenoxy) is 2. The van der Waals surface area contributed by atoms with E-state index in [2.05, 4.69) is 26.1 Å². The molecule has 1 aromatic rings. The molecule has 1 aromatic carbocycles. The maximum atomic E-state index is 12.2. The molecule has 0 saturated heterocycles. The summed E-state index contributed by atoms with van der Waals surface area (Å²) >= 11 is 0. The van der Waals surface area contributed by atoms with Gasteiger partial charge in [-0.2, -0.15) is 0 Å². The van der Waals surface area contributed by atoms with E-state index in [1.165, 1.54) is 0 Å². The van der Waals surface area contributed by atoms with Crippen LogP contribution in [-0.2, 0) is 0 Å². The van der Waals surface area contributed by atoms with Crippen molar-refractivity contribution in [3.63, 3.8) is 0 Å². The predicted molar refractivity (Wildman–Crippen MR) is 73.8 cm³/mol. The van der Waals surface area contributed by atoms with Crippen molar-refractivity contribution in [2.45, 2.75) is 33.7 Å². The second-order valence-corrected chi connectivity index (χ2v) is 5.92. The highest BCUT2D eigenvalue weighted by atomic mass is 16.6. The normalized spacial score (nSPS) is 15.8. The van der Waals surface area contributed by atoms with Crippen LogP contribution in [0.1, 0.15) is 38.1 Å². The van der Waals surface area contributed by atoms with E-state index in [4.69, 9.17) is 9.47 Å². The lowest BCUT2D eigenvalue weighted by atomic mass is 9.88. The number of carbonyl (C=O) groups is 1. The molecule has 1 heterocycles. The van der Waals surface area contributed by atoms with Gasteiger partial charge in [0.1, 0.15) is 13.2 Å². The highest BCUT2D eigenvalue weighted by Crippen LogP contribution is 2.30. The molecule has 4 heteroatoms. The Labute approximate surface area is 114 Å². The summed E-state index contributed by atoms with van der Waals surface area (Å²) in [6.45, 7) is 9.39. The molecule has 1 atom stereocenters. The second-order valence-electron chi connectivity index (χ2n) is 5.92. The van der Waals surface area contributed by atoms with Gasteiger partial charge in [0.05, 0.1) is 0 Å². The molecule has 0 aromatic heterocycles. The van der Waals surface area contributed by atoms with E-state index in [1.54, 1.807) is 18.2 Å². The highest BCUT2D eigenvalue weighted by Gasteiger charge is 2.23. The molecule has 4 nitrogen and oxygen atoms in total. The summed E-state index contributed by atoms with van der Waals surface area (Å²) in [5.74, 6) is 1.26. The average molecular weight is 263 g/mol. The summed E-state index contributed by atoms with van der Waals surface area (Å²) in [7, 11) is 0. The Morgan fingerprint density at radius 1 is 1.21 bits per heavy atom. The van der Waals surface area contributed by atoms with Crippen molar-refractivity contribution in [3.05, 3.63) is 23.8 Å². The third kappa shape index (κ3) is 3.19. The summed E-state index contributed by atoms with van der Waals surface area (Å²) in [4.78, 5) is 12.2. The van der Waals surface area contributed by atoms with Crippen LogP contribution in [0.25, 0.3) is 0 Å². The van der Waals surface area contributed by atoms with Crippen LogP contribution in [0.5, 0.6) is 11.5 Å². The average Bonchev–Trinajstić information content (AvgIpc) is 2.37. The Hall–Kier alpha value is -1.71. The molecule has 0 spiro atoms. The van der Waals surface area contributed by atoms with Gasteiger partial charge in [-0.3, -0.25) is 4.79 Å². The van der Waals surface area contributed by atoms with Crippen LogP contribution in [0.3, 0.4) is 0 Å². The number of hydrogen-bond donors (Lipinski definition) is 1. The lowest BCUT2D eigenvalue weighted by molar-refractivity contribution is 0.0909. The smallest absolute Gasteiger partial charge is 0.251 e. The predicted octanol–water partition coefficient (Wildman–Crippen LogP) is 2.62. The van der Waals surface area contributed by atoms with E-state index in [1.807, 2.05) is 6.92 Å². The molecule has 1 aliphatic heterocycles. The highest BCUT2D eigenvalue weighted by molar-refractivity contribution is 5.95. The number of fused-ring (bicyclic) bond motifs is 1. The Balaban J connectivity index is 2.11. The van der Waals surface area contributed by atoms with Crippen LogP contribution in [0.2, 0.25) is 0 Å². The van der Waals surface area contributed by atoms with Crippen molar-refractivity contribution in [1.82, 2.24) is 5.32 Å². The summed E-state index contributed by atoms with van der Waals surface area (Å²) in [6, 6.07) is 5.37. The molecule has 0 radical (unpaired) electrons. The van der Waals surface area contributed by atoms with Crippen LogP contribution < -0.4 is 14.8 Å². The van der Waals surface area contributed by atoms with Gasteiger partial charge in [-0.15, -0.1) is 0 Å². The van der Waals surface area contributed by atoms with E-state index < -0.39 is 0 Å². The first kappa shape index (κ1) is 13.7. The molecule has 1 amide bonds. The number of hydrogen-bond acceptors (Lipinski definition) is 3. The van der Waals surface area contributed by atoms with Crippen molar-refractivity contribution in [2.24, 2.45) is 5.41 Å². The molecule has 0 fully saturated rings. The first-order valence-electron chi connectivity index (χ1n) is 6.58. The van der Waals surface area contributed by atoms with E-state index in [9.17, 15) is 4.79 Å². The number of rotatable bonds is 2. The molecule has 0 aliphatic carbocycles. The monoisotopic (exact) mass is 263 g/mol. The first-order valence-corrected chi connectivity index (χ1v) is 6.58. The Morgan fingerprint density at radius 2 is 1.84 bits per heavy atom. The molecule has 0 bridgehead atoms. The summed E-state index contributed by atoms with van der Waals surface area (Å²) < 4.78 is 10.9. The van der Waals surface area contributed by atoms with Crippen molar-refractivity contribution in [1.29, 1.82) is 0 Å². The molecule has 1 aliphatic rings. The lowest BCUT2D eigenvalue weighted by Crippen LogP contribution is -2.41. The molecular weight excluding hydrogens is 242 g/mol. The number of amides is 1. The van der Waals surface area contributed by atoms with E-state index in [0.29, 0.717) is 30.3 Å².